The van der Waals surface area contributed by atoms with Crippen LogP contribution in [0.3, 0.4) is 0 Å². The van der Waals surface area contributed by atoms with Crippen LogP contribution in [0.1, 0.15) is 46.9 Å². The largest absolute Gasteiger partial charge is 0.480 e. The van der Waals surface area contributed by atoms with Gasteiger partial charge in [-0.1, -0.05) is 43.0 Å². The van der Waals surface area contributed by atoms with E-state index in [2.05, 4.69) is 0 Å². The van der Waals surface area contributed by atoms with E-state index in [9.17, 15) is 19.5 Å². The lowest BCUT2D eigenvalue weighted by molar-refractivity contribution is -0.141. The summed E-state index contributed by atoms with van der Waals surface area (Å²) in [7, 11) is 0. The molecule has 0 spiro atoms. The molecule has 0 saturated carbocycles. The van der Waals surface area contributed by atoms with Crippen LogP contribution in [-0.4, -0.2) is 33.8 Å². The number of carbonyl (C=O) groups is 3. The Hall–Kier alpha value is -1.59. The maximum Gasteiger partial charge on any atom is 0.326 e. The molecule has 5 nitrogen and oxygen atoms in total. The lowest BCUT2D eigenvalue weighted by Crippen LogP contribution is -2.44. The third-order valence-corrected chi connectivity index (χ3v) is 4.11. The summed E-state index contributed by atoms with van der Waals surface area (Å²) in [6.07, 6.45) is 1.59. The van der Waals surface area contributed by atoms with Crippen LogP contribution in [0.4, 0.5) is 0 Å². The Morgan fingerprint density at radius 3 is 2.05 bits per heavy atom. The van der Waals surface area contributed by atoms with Gasteiger partial charge in [-0.15, -0.1) is 0 Å². The molecule has 0 bridgehead atoms. The van der Waals surface area contributed by atoms with Crippen molar-refractivity contribution in [3.63, 3.8) is 0 Å². The molecule has 1 aromatic rings. The lowest BCUT2D eigenvalue weighted by Gasteiger charge is -2.22. The van der Waals surface area contributed by atoms with Gasteiger partial charge in [0, 0.05) is 0 Å². The standard InChI is InChI=1S/C14H13Cl2NO4/c1-2-3-4-11(14(20)21)17-12(18)7-5-9(15)10(16)6-8(7)13(17)19/h5-6,11H,2-4H2,1H3,(H,20,21). The smallest absolute Gasteiger partial charge is 0.326 e. The number of hydrogen-bond acceptors (Lipinski definition) is 3. The van der Waals surface area contributed by atoms with Crippen LogP contribution in [0.2, 0.25) is 10.0 Å². The van der Waals surface area contributed by atoms with Gasteiger partial charge in [-0.05, 0) is 18.6 Å². The van der Waals surface area contributed by atoms with Crippen LogP contribution in [-0.2, 0) is 4.79 Å². The zero-order valence-electron chi connectivity index (χ0n) is 11.2. The number of carbonyl (C=O) groups excluding carboxylic acids is 2. The molecule has 0 saturated heterocycles. The number of benzene rings is 1. The third kappa shape index (κ3) is 2.76. The number of halogens is 2. The summed E-state index contributed by atoms with van der Waals surface area (Å²) in [5, 5.41) is 9.59. The van der Waals surface area contributed by atoms with Crippen molar-refractivity contribution < 1.29 is 19.5 Å². The Bertz CT molecular complexity index is 589. The summed E-state index contributed by atoms with van der Waals surface area (Å²) in [5.74, 6) is -2.48. The molecule has 2 amide bonds. The summed E-state index contributed by atoms with van der Waals surface area (Å²) in [6, 6.07) is 1.44. The fraction of sp³-hybridized carbons (Fsp3) is 0.357. The van der Waals surface area contributed by atoms with E-state index in [-0.39, 0.29) is 27.6 Å². The maximum absolute atomic E-state index is 12.3. The first-order valence-electron chi connectivity index (χ1n) is 6.48. The Morgan fingerprint density at radius 2 is 1.67 bits per heavy atom. The van der Waals surface area contributed by atoms with E-state index in [1.54, 1.807) is 0 Å². The average Bonchev–Trinajstić information content (AvgIpc) is 2.65. The predicted octanol–water partition coefficient (Wildman–Crippen LogP) is 3.23. The minimum atomic E-state index is -1.20. The van der Waals surface area contributed by atoms with Gasteiger partial charge in [0.15, 0.2) is 0 Å². The number of carboxylic acid groups (broad SMARTS) is 1. The highest BCUT2D eigenvalue weighted by Crippen LogP contribution is 2.33. The Morgan fingerprint density at radius 1 is 1.19 bits per heavy atom. The lowest BCUT2D eigenvalue weighted by atomic mass is 10.1. The van der Waals surface area contributed by atoms with E-state index in [1.807, 2.05) is 6.92 Å². The van der Waals surface area contributed by atoms with E-state index < -0.39 is 23.8 Å². The van der Waals surface area contributed by atoms with Gasteiger partial charge >= 0.3 is 5.97 Å². The van der Waals surface area contributed by atoms with Gasteiger partial charge in [-0.2, -0.15) is 0 Å². The van der Waals surface area contributed by atoms with E-state index in [0.717, 1.165) is 11.3 Å². The number of aliphatic carboxylic acids is 1. The molecular weight excluding hydrogens is 317 g/mol. The monoisotopic (exact) mass is 329 g/mol. The topological polar surface area (TPSA) is 74.7 Å². The molecule has 0 fully saturated rings. The van der Waals surface area contributed by atoms with Crippen LogP contribution >= 0.6 is 23.2 Å². The molecule has 0 radical (unpaired) electrons. The summed E-state index contributed by atoms with van der Waals surface area (Å²) in [4.78, 5) is 36.8. The number of unbranched alkanes of at least 4 members (excludes halogenated alkanes) is 1. The van der Waals surface area contributed by atoms with Gasteiger partial charge in [0.2, 0.25) is 0 Å². The van der Waals surface area contributed by atoms with E-state index >= 15 is 0 Å². The van der Waals surface area contributed by atoms with Crippen molar-refractivity contribution in [2.75, 3.05) is 0 Å². The number of amides is 2. The Kier molecular flexibility index (Phi) is 4.54. The van der Waals surface area contributed by atoms with Crippen molar-refractivity contribution in [1.29, 1.82) is 0 Å². The number of fused-ring (bicyclic) bond motifs is 1. The van der Waals surface area contributed by atoms with Gasteiger partial charge in [-0.3, -0.25) is 14.5 Å². The van der Waals surface area contributed by atoms with Crippen molar-refractivity contribution in [3.05, 3.63) is 33.3 Å². The van der Waals surface area contributed by atoms with Crippen molar-refractivity contribution in [2.45, 2.75) is 32.2 Å². The molecule has 0 aliphatic carbocycles. The predicted molar refractivity (Wildman–Crippen MR) is 77.9 cm³/mol. The first-order chi connectivity index (χ1) is 9.88. The quantitative estimate of drug-likeness (QED) is 0.841. The highest BCUT2D eigenvalue weighted by atomic mass is 35.5. The summed E-state index contributed by atoms with van der Waals surface area (Å²) in [6.45, 7) is 1.90. The number of imide groups is 1. The van der Waals surface area contributed by atoms with Gasteiger partial charge < -0.3 is 5.11 Å². The first-order valence-corrected chi connectivity index (χ1v) is 7.23. The highest BCUT2D eigenvalue weighted by Gasteiger charge is 2.43. The summed E-state index contributed by atoms with van der Waals surface area (Å²) >= 11 is 11.7. The second kappa shape index (κ2) is 6.03. The fourth-order valence-corrected chi connectivity index (χ4v) is 2.62. The average molecular weight is 330 g/mol. The molecule has 1 aliphatic heterocycles. The zero-order chi connectivity index (χ0) is 15.7. The van der Waals surface area contributed by atoms with Crippen molar-refractivity contribution in [1.82, 2.24) is 4.90 Å². The fourth-order valence-electron chi connectivity index (χ4n) is 2.30. The Labute approximate surface area is 131 Å². The molecule has 7 heteroatoms. The van der Waals surface area contributed by atoms with Crippen molar-refractivity contribution in [3.8, 4) is 0 Å². The number of rotatable bonds is 5. The second-order valence-electron chi connectivity index (χ2n) is 4.79. The molecule has 1 atom stereocenters. The first kappa shape index (κ1) is 15.8. The van der Waals surface area contributed by atoms with Gasteiger partial charge in [0.05, 0.1) is 21.2 Å². The van der Waals surface area contributed by atoms with Gasteiger partial charge in [0.25, 0.3) is 11.8 Å². The summed E-state index contributed by atoms with van der Waals surface area (Å²) < 4.78 is 0. The Balaban J connectivity index is 2.42. The van der Waals surface area contributed by atoms with Crippen LogP contribution in [0.15, 0.2) is 12.1 Å². The molecular formula is C14H13Cl2NO4. The molecule has 1 N–H and O–H groups in total. The van der Waals surface area contributed by atoms with Crippen LogP contribution < -0.4 is 0 Å². The summed E-state index contributed by atoms with van der Waals surface area (Å²) in [5.41, 5.74) is 0.189. The third-order valence-electron chi connectivity index (χ3n) is 3.39. The van der Waals surface area contributed by atoms with Gasteiger partial charge in [-0.25, -0.2) is 4.79 Å². The van der Waals surface area contributed by atoms with Gasteiger partial charge in [0.1, 0.15) is 6.04 Å². The minimum absolute atomic E-state index is 0.0946. The van der Waals surface area contributed by atoms with Crippen molar-refractivity contribution in [2.24, 2.45) is 0 Å². The van der Waals surface area contributed by atoms with Crippen LogP contribution in [0, 0.1) is 0 Å². The molecule has 1 heterocycles. The molecule has 112 valence electrons. The number of hydrogen-bond donors (Lipinski definition) is 1. The second-order valence-corrected chi connectivity index (χ2v) is 5.60. The number of carboxylic acids is 1. The molecule has 1 aliphatic rings. The minimum Gasteiger partial charge on any atom is -0.480 e. The SMILES string of the molecule is CCCCC(C(=O)O)N1C(=O)c2cc(Cl)c(Cl)cc2C1=O. The molecule has 1 aromatic carbocycles. The van der Waals surface area contributed by atoms with E-state index in [1.165, 1.54) is 12.1 Å². The number of nitrogens with zero attached hydrogens (tertiary/aromatic N) is 1. The maximum atomic E-state index is 12.3. The van der Waals surface area contributed by atoms with E-state index in [4.69, 9.17) is 23.2 Å². The molecule has 0 aromatic heterocycles. The normalized spacial score (nSPS) is 15.3. The van der Waals surface area contributed by atoms with E-state index in [0.29, 0.717) is 6.42 Å². The molecule has 2 rings (SSSR count). The zero-order valence-corrected chi connectivity index (χ0v) is 12.7. The van der Waals surface area contributed by atoms with Crippen molar-refractivity contribution >= 4 is 41.0 Å². The van der Waals surface area contributed by atoms with Crippen LogP contribution in [0.25, 0.3) is 0 Å². The highest BCUT2D eigenvalue weighted by molar-refractivity contribution is 6.43. The molecule has 1 unspecified atom stereocenters. The van der Waals surface area contributed by atoms with Crippen LogP contribution in [0.5, 0.6) is 0 Å². The molecule has 21 heavy (non-hydrogen) atoms.